The van der Waals surface area contributed by atoms with Gasteiger partial charge in [0.15, 0.2) is 0 Å². The third-order valence-electron chi connectivity index (χ3n) is 4.79. The molecule has 0 unspecified atom stereocenters. The molecule has 1 saturated carbocycles. The van der Waals surface area contributed by atoms with Crippen LogP contribution in [0, 0.1) is 0 Å². The summed E-state index contributed by atoms with van der Waals surface area (Å²) in [5.74, 6) is -0.797. The number of nitrogens with zero attached hydrogens (tertiary/aromatic N) is 3. The molecule has 1 heterocycles. The first kappa shape index (κ1) is 18.1. The minimum Gasteiger partial charge on any atom is -0.480 e. The molecule has 1 aliphatic carbocycles. The normalized spacial score (nSPS) is 19.2. The lowest BCUT2D eigenvalue weighted by molar-refractivity contribution is -0.139. The maximum atomic E-state index is 12.3. The Balaban J connectivity index is 1.55. The predicted octanol–water partition coefficient (Wildman–Crippen LogP) is 1.64. The second-order valence-electron chi connectivity index (χ2n) is 6.65. The number of likely N-dealkylation sites (N-methyl/N-ethyl adjacent to an activating group) is 1. The maximum absolute atomic E-state index is 12.3. The summed E-state index contributed by atoms with van der Waals surface area (Å²) in [5, 5.41) is 16.5. The number of carboxylic acid groups (broad SMARTS) is 1. The molecule has 1 aliphatic rings. The lowest BCUT2D eigenvalue weighted by atomic mass is 9.85. The van der Waals surface area contributed by atoms with Gasteiger partial charge in [0.05, 0.1) is 25.0 Å². The number of nitrogens with one attached hydrogen (secondary N) is 1. The van der Waals surface area contributed by atoms with Gasteiger partial charge >= 0.3 is 5.97 Å². The van der Waals surface area contributed by atoms with Crippen LogP contribution in [0.4, 0.5) is 5.69 Å². The summed E-state index contributed by atoms with van der Waals surface area (Å²) in [6.07, 6.45) is 3.41. The highest BCUT2D eigenvalue weighted by Gasteiger charge is 2.33. The number of rotatable bonds is 8. The lowest BCUT2D eigenvalue weighted by Crippen LogP contribution is -2.51. The summed E-state index contributed by atoms with van der Waals surface area (Å²) in [7, 11) is 0. The zero-order valence-electron chi connectivity index (χ0n) is 14.8. The zero-order chi connectivity index (χ0) is 18.5. The number of aromatic nitrogens is 2. The highest BCUT2D eigenvalue weighted by Crippen LogP contribution is 2.28. The molecule has 138 valence electrons. The number of hydrogen-bond donors (Lipinski definition) is 2. The van der Waals surface area contributed by atoms with Crippen molar-refractivity contribution in [2.24, 2.45) is 0 Å². The molecule has 2 N–H and O–H groups in total. The van der Waals surface area contributed by atoms with Gasteiger partial charge in [-0.05, 0) is 24.9 Å². The summed E-state index contributed by atoms with van der Waals surface area (Å²) in [6, 6.07) is 11.8. The molecular formula is C19H24N4O3. The van der Waals surface area contributed by atoms with Crippen molar-refractivity contribution in [1.82, 2.24) is 14.7 Å². The average Bonchev–Trinajstić information content (AvgIpc) is 2.59. The van der Waals surface area contributed by atoms with Crippen LogP contribution >= 0.6 is 0 Å². The van der Waals surface area contributed by atoms with Crippen LogP contribution in [0.15, 0.2) is 47.4 Å². The molecule has 0 amide bonds. The number of benzene rings is 1. The average molecular weight is 356 g/mol. The fourth-order valence-electron chi connectivity index (χ4n) is 3.30. The molecule has 0 radical (unpaired) electrons. The second kappa shape index (κ2) is 8.14. The van der Waals surface area contributed by atoms with E-state index in [2.05, 4.69) is 10.4 Å². The highest BCUT2D eigenvalue weighted by atomic mass is 16.4. The molecule has 0 spiro atoms. The summed E-state index contributed by atoms with van der Waals surface area (Å²) in [4.78, 5) is 25.1. The Bertz CT molecular complexity index is 800. The molecule has 0 saturated heterocycles. The summed E-state index contributed by atoms with van der Waals surface area (Å²) in [5.41, 5.74) is 1.60. The maximum Gasteiger partial charge on any atom is 0.317 e. The molecule has 3 rings (SSSR count). The van der Waals surface area contributed by atoms with Crippen molar-refractivity contribution in [1.29, 1.82) is 0 Å². The Kier molecular flexibility index (Phi) is 5.68. The number of anilines is 1. The van der Waals surface area contributed by atoms with Crippen LogP contribution in [-0.4, -0.2) is 50.9 Å². The van der Waals surface area contributed by atoms with E-state index < -0.39 is 5.97 Å². The molecule has 7 heteroatoms. The molecule has 7 nitrogen and oxygen atoms in total. The van der Waals surface area contributed by atoms with Gasteiger partial charge in [-0.15, -0.1) is 0 Å². The number of hydrogen-bond acceptors (Lipinski definition) is 5. The summed E-state index contributed by atoms with van der Waals surface area (Å²) >= 11 is 0. The van der Waals surface area contributed by atoms with Crippen molar-refractivity contribution in [3.8, 4) is 0 Å². The van der Waals surface area contributed by atoms with Crippen molar-refractivity contribution >= 4 is 11.7 Å². The van der Waals surface area contributed by atoms with E-state index in [1.807, 2.05) is 42.2 Å². The quantitative estimate of drug-likeness (QED) is 0.748. The fourth-order valence-corrected chi connectivity index (χ4v) is 3.30. The Morgan fingerprint density at radius 3 is 2.69 bits per heavy atom. The SMILES string of the molecule is CCN(CC(=O)O)C1CC(Nc2cnn(Cc3ccccc3)c(=O)c2)C1. The third-order valence-corrected chi connectivity index (χ3v) is 4.79. The Labute approximate surface area is 152 Å². The van der Waals surface area contributed by atoms with Crippen LogP contribution in [0.2, 0.25) is 0 Å². The second-order valence-corrected chi connectivity index (χ2v) is 6.65. The highest BCUT2D eigenvalue weighted by molar-refractivity contribution is 5.69. The van der Waals surface area contributed by atoms with Crippen molar-refractivity contribution in [2.75, 3.05) is 18.4 Å². The van der Waals surface area contributed by atoms with Crippen molar-refractivity contribution < 1.29 is 9.90 Å². The van der Waals surface area contributed by atoms with Gasteiger partial charge in [0.25, 0.3) is 5.56 Å². The minimum atomic E-state index is -0.797. The number of aliphatic carboxylic acids is 1. The first-order valence-electron chi connectivity index (χ1n) is 8.88. The molecule has 2 aromatic rings. The van der Waals surface area contributed by atoms with E-state index in [-0.39, 0.29) is 24.2 Å². The monoisotopic (exact) mass is 356 g/mol. The molecule has 1 aromatic carbocycles. The van der Waals surface area contributed by atoms with Gasteiger partial charge in [0, 0.05) is 18.2 Å². The van der Waals surface area contributed by atoms with Gasteiger partial charge in [-0.1, -0.05) is 37.3 Å². The van der Waals surface area contributed by atoms with E-state index in [1.165, 1.54) is 4.68 Å². The Hall–Kier alpha value is -2.67. The fraction of sp³-hybridized carbons (Fsp3) is 0.421. The van der Waals surface area contributed by atoms with Gasteiger partial charge in [-0.2, -0.15) is 5.10 Å². The molecule has 1 aromatic heterocycles. The minimum absolute atomic E-state index is 0.0744. The van der Waals surface area contributed by atoms with E-state index in [0.717, 1.165) is 24.9 Å². The van der Waals surface area contributed by atoms with Crippen LogP contribution < -0.4 is 10.9 Å². The molecule has 0 bridgehead atoms. The summed E-state index contributed by atoms with van der Waals surface area (Å²) in [6.45, 7) is 3.22. The van der Waals surface area contributed by atoms with E-state index in [1.54, 1.807) is 12.3 Å². The number of carbonyl (C=O) groups is 1. The molecule has 0 aliphatic heterocycles. The van der Waals surface area contributed by atoms with Crippen LogP contribution in [0.5, 0.6) is 0 Å². The van der Waals surface area contributed by atoms with E-state index >= 15 is 0 Å². The zero-order valence-corrected chi connectivity index (χ0v) is 14.8. The van der Waals surface area contributed by atoms with E-state index in [0.29, 0.717) is 12.2 Å². The van der Waals surface area contributed by atoms with Crippen LogP contribution in [0.3, 0.4) is 0 Å². The van der Waals surface area contributed by atoms with Crippen LogP contribution in [-0.2, 0) is 11.3 Å². The standard InChI is InChI=1S/C19H24N4O3/c1-2-22(13-19(25)26)17-8-15(9-17)21-16-10-18(24)23(20-11-16)12-14-6-4-3-5-7-14/h3-7,10-11,15,17,21H,2,8-9,12-13H2,1H3,(H,25,26). The first-order chi connectivity index (χ1) is 12.5. The third kappa shape index (κ3) is 4.49. The van der Waals surface area contributed by atoms with Gasteiger partial charge in [-0.25, -0.2) is 4.68 Å². The summed E-state index contributed by atoms with van der Waals surface area (Å²) < 4.78 is 1.44. The number of carboxylic acids is 1. The van der Waals surface area contributed by atoms with Crippen LogP contribution in [0.25, 0.3) is 0 Å². The molecule has 0 atom stereocenters. The first-order valence-corrected chi connectivity index (χ1v) is 8.88. The molecule has 1 fully saturated rings. The van der Waals surface area contributed by atoms with Crippen molar-refractivity contribution in [3.05, 3.63) is 58.5 Å². The molecule has 26 heavy (non-hydrogen) atoms. The van der Waals surface area contributed by atoms with Gasteiger partial charge in [0.2, 0.25) is 0 Å². The van der Waals surface area contributed by atoms with Gasteiger partial charge in [-0.3, -0.25) is 14.5 Å². The topological polar surface area (TPSA) is 87.5 Å². The smallest absolute Gasteiger partial charge is 0.317 e. The van der Waals surface area contributed by atoms with E-state index in [9.17, 15) is 9.59 Å². The lowest BCUT2D eigenvalue weighted by Gasteiger charge is -2.42. The largest absolute Gasteiger partial charge is 0.480 e. The van der Waals surface area contributed by atoms with Crippen molar-refractivity contribution in [3.63, 3.8) is 0 Å². The van der Waals surface area contributed by atoms with Crippen molar-refractivity contribution in [2.45, 2.75) is 38.4 Å². The van der Waals surface area contributed by atoms with Crippen LogP contribution in [0.1, 0.15) is 25.3 Å². The van der Waals surface area contributed by atoms with Gasteiger partial charge < -0.3 is 10.4 Å². The molecular weight excluding hydrogens is 332 g/mol. The van der Waals surface area contributed by atoms with E-state index in [4.69, 9.17) is 5.11 Å². The van der Waals surface area contributed by atoms with Gasteiger partial charge in [0.1, 0.15) is 0 Å². The Morgan fingerprint density at radius 2 is 2.08 bits per heavy atom. The predicted molar refractivity (Wildman–Crippen MR) is 99.4 cm³/mol. The Morgan fingerprint density at radius 1 is 1.35 bits per heavy atom.